The van der Waals surface area contributed by atoms with Gasteiger partial charge in [-0.1, -0.05) is 12.1 Å². The number of pyridine rings is 1. The van der Waals surface area contributed by atoms with E-state index in [1.54, 1.807) is 18.3 Å². The average molecular weight is 252 g/mol. The molecule has 0 amide bonds. The molecule has 4 heteroatoms. The minimum absolute atomic E-state index is 0.300. The van der Waals surface area contributed by atoms with E-state index in [-0.39, 0.29) is 0 Å². The van der Waals surface area contributed by atoms with Crippen molar-refractivity contribution in [3.8, 4) is 0 Å². The monoisotopic (exact) mass is 252 g/mol. The Morgan fingerprint density at radius 1 is 1.21 bits per heavy atom. The largest absolute Gasteiger partial charge is 0.478 e. The maximum absolute atomic E-state index is 11.0. The highest BCUT2D eigenvalue weighted by Crippen LogP contribution is 2.18. The summed E-state index contributed by atoms with van der Waals surface area (Å²) in [5.74, 6) is -0.910. The summed E-state index contributed by atoms with van der Waals surface area (Å²) < 4.78 is 2.00. The Morgan fingerprint density at radius 2 is 2.11 bits per heavy atom. The van der Waals surface area contributed by atoms with Crippen molar-refractivity contribution < 1.29 is 9.90 Å². The van der Waals surface area contributed by atoms with Crippen LogP contribution in [0.4, 0.5) is 0 Å². The van der Waals surface area contributed by atoms with Gasteiger partial charge in [-0.05, 0) is 35.7 Å². The van der Waals surface area contributed by atoms with E-state index in [1.165, 1.54) is 0 Å². The van der Waals surface area contributed by atoms with E-state index in [1.807, 2.05) is 41.1 Å². The summed E-state index contributed by atoms with van der Waals surface area (Å²) in [5, 5.41) is 10.1. The highest BCUT2D eigenvalue weighted by Gasteiger charge is 2.07. The first kappa shape index (κ1) is 11.5. The zero-order chi connectivity index (χ0) is 13.2. The normalized spacial score (nSPS) is 10.7. The number of benzene rings is 1. The molecule has 3 rings (SSSR count). The summed E-state index contributed by atoms with van der Waals surface area (Å²) in [7, 11) is 0. The third-order valence-electron chi connectivity index (χ3n) is 3.08. The van der Waals surface area contributed by atoms with Gasteiger partial charge in [-0.15, -0.1) is 0 Å². The van der Waals surface area contributed by atoms with Crippen LogP contribution in [0.1, 0.15) is 16.1 Å². The molecule has 0 aliphatic carbocycles. The van der Waals surface area contributed by atoms with Crippen LogP contribution in [0.5, 0.6) is 0 Å². The number of hydrogen-bond donors (Lipinski definition) is 1. The smallest absolute Gasteiger partial charge is 0.335 e. The molecular formula is C15H12N2O2. The minimum atomic E-state index is -0.910. The van der Waals surface area contributed by atoms with Crippen LogP contribution in [0.15, 0.2) is 54.9 Å². The third kappa shape index (κ3) is 2.20. The highest BCUT2D eigenvalue weighted by molar-refractivity contribution is 5.93. The molecular weight excluding hydrogens is 240 g/mol. The lowest BCUT2D eigenvalue weighted by Gasteiger charge is -2.05. The van der Waals surface area contributed by atoms with Crippen LogP contribution < -0.4 is 0 Å². The van der Waals surface area contributed by atoms with Crippen molar-refractivity contribution in [3.05, 3.63) is 66.1 Å². The lowest BCUT2D eigenvalue weighted by Crippen LogP contribution is -2.01. The number of hydrogen-bond acceptors (Lipinski definition) is 2. The summed E-state index contributed by atoms with van der Waals surface area (Å²) in [6, 6.07) is 12.9. The van der Waals surface area contributed by atoms with Gasteiger partial charge in [-0.2, -0.15) is 0 Å². The Bertz CT molecular complexity index is 732. The predicted octanol–water partition coefficient (Wildman–Crippen LogP) is 2.78. The van der Waals surface area contributed by atoms with E-state index in [2.05, 4.69) is 4.98 Å². The number of fused-ring (bicyclic) bond motifs is 1. The molecule has 94 valence electrons. The standard InChI is InChI=1S/C15H12N2O2/c18-15(19)12-5-4-11-6-8-17(14(11)9-12)10-13-3-1-2-7-16-13/h1-9H,10H2,(H,18,19). The molecule has 2 aromatic heterocycles. The fourth-order valence-electron chi connectivity index (χ4n) is 2.12. The van der Waals surface area contributed by atoms with Crippen molar-refractivity contribution in [3.63, 3.8) is 0 Å². The molecule has 19 heavy (non-hydrogen) atoms. The Hall–Kier alpha value is -2.62. The number of carbonyl (C=O) groups is 1. The first-order valence-corrected chi connectivity index (χ1v) is 5.96. The number of carboxylic acid groups (broad SMARTS) is 1. The first-order valence-electron chi connectivity index (χ1n) is 5.96. The highest BCUT2D eigenvalue weighted by atomic mass is 16.4. The van der Waals surface area contributed by atoms with E-state index < -0.39 is 5.97 Å². The van der Waals surface area contributed by atoms with Gasteiger partial charge in [0, 0.05) is 17.9 Å². The second kappa shape index (κ2) is 4.57. The average Bonchev–Trinajstić information content (AvgIpc) is 2.82. The second-order valence-electron chi connectivity index (χ2n) is 4.34. The van der Waals surface area contributed by atoms with Crippen molar-refractivity contribution >= 4 is 16.9 Å². The zero-order valence-corrected chi connectivity index (χ0v) is 10.2. The fourth-order valence-corrected chi connectivity index (χ4v) is 2.12. The van der Waals surface area contributed by atoms with Gasteiger partial charge in [0.1, 0.15) is 0 Å². The summed E-state index contributed by atoms with van der Waals surface area (Å²) in [4.78, 5) is 15.3. The zero-order valence-electron chi connectivity index (χ0n) is 10.2. The number of aromatic nitrogens is 2. The van der Waals surface area contributed by atoms with Gasteiger partial charge < -0.3 is 9.67 Å². The maximum Gasteiger partial charge on any atom is 0.335 e. The van der Waals surface area contributed by atoms with E-state index in [4.69, 9.17) is 5.11 Å². The SMILES string of the molecule is O=C(O)c1ccc2ccn(Cc3ccccn3)c2c1. The molecule has 0 unspecified atom stereocenters. The third-order valence-corrected chi connectivity index (χ3v) is 3.08. The van der Waals surface area contributed by atoms with Gasteiger partial charge in [0.15, 0.2) is 0 Å². The molecule has 0 saturated heterocycles. The molecule has 0 aliphatic rings. The van der Waals surface area contributed by atoms with Gasteiger partial charge >= 0.3 is 5.97 Å². The van der Waals surface area contributed by atoms with Crippen molar-refractivity contribution in [2.45, 2.75) is 6.54 Å². The second-order valence-corrected chi connectivity index (χ2v) is 4.34. The lowest BCUT2D eigenvalue weighted by molar-refractivity contribution is 0.0697. The van der Waals surface area contributed by atoms with Gasteiger partial charge in [0.2, 0.25) is 0 Å². The van der Waals surface area contributed by atoms with E-state index in [0.717, 1.165) is 16.6 Å². The molecule has 1 N–H and O–H groups in total. The van der Waals surface area contributed by atoms with Crippen molar-refractivity contribution in [2.75, 3.05) is 0 Å². The fraction of sp³-hybridized carbons (Fsp3) is 0.0667. The van der Waals surface area contributed by atoms with Crippen LogP contribution in [0.2, 0.25) is 0 Å². The van der Waals surface area contributed by atoms with Gasteiger partial charge in [0.05, 0.1) is 17.8 Å². The van der Waals surface area contributed by atoms with Crippen molar-refractivity contribution in [2.24, 2.45) is 0 Å². The maximum atomic E-state index is 11.0. The lowest BCUT2D eigenvalue weighted by atomic mass is 10.1. The predicted molar refractivity (Wildman–Crippen MR) is 72.2 cm³/mol. The molecule has 0 spiro atoms. The molecule has 2 heterocycles. The Kier molecular flexibility index (Phi) is 2.76. The van der Waals surface area contributed by atoms with E-state index in [9.17, 15) is 4.79 Å². The molecule has 4 nitrogen and oxygen atoms in total. The molecule has 0 atom stereocenters. The Balaban J connectivity index is 2.04. The van der Waals surface area contributed by atoms with E-state index >= 15 is 0 Å². The quantitative estimate of drug-likeness (QED) is 0.779. The summed E-state index contributed by atoms with van der Waals surface area (Å²) in [6.07, 6.45) is 3.70. The van der Waals surface area contributed by atoms with Crippen LogP contribution in [0.3, 0.4) is 0 Å². The molecule has 0 saturated carbocycles. The van der Waals surface area contributed by atoms with Crippen molar-refractivity contribution in [1.82, 2.24) is 9.55 Å². The Morgan fingerprint density at radius 3 is 2.84 bits per heavy atom. The Labute approximate surface area is 109 Å². The number of carboxylic acids is 1. The summed E-state index contributed by atoms with van der Waals surface area (Å²) >= 11 is 0. The molecule has 1 aromatic carbocycles. The molecule has 0 bridgehead atoms. The van der Waals surface area contributed by atoms with Crippen LogP contribution in [-0.4, -0.2) is 20.6 Å². The molecule has 0 fully saturated rings. The van der Waals surface area contributed by atoms with Crippen LogP contribution >= 0.6 is 0 Å². The number of nitrogens with zero attached hydrogens (tertiary/aromatic N) is 2. The van der Waals surface area contributed by atoms with Crippen LogP contribution in [0.25, 0.3) is 10.9 Å². The van der Waals surface area contributed by atoms with Gasteiger partial charge in [0.25, 0.3) is 0 Å². The van der Waals surface area contributed by atoms with Crippen LogP contribution in [0, 0.1) is 0 Å². The number of rotatable bonds is 3. The first-order chi connectivity index (χ1) is 9.24. The van der Waals surface area contributed by atoms with E-state index in [0.29, 0.717) is 12.1 Å². The van der Waals surface area contributed by atoms with Crippen LogP contribution in [-0.2, 0) is 6.54 Å². The topological polar surface area (TPSA) is 55.1 Å². The van der Waals surface area contributed by atoms with Gasteiger partial charge in [-0.3, -0.25) is 4.98 Å². The minimum Gasteiger partial charge on any atom is -0.478 e. The number of aromatic carboxylic acids is 1. The molecule has 0 radical (unpaired) electrons. The molecule has 0 aliphatic heterocycles. The van der Waals surface area contributed by atoms with Crippen molar-refractivity contribution in [1.29, 1.82) is 0 Å². The molecule has 3 aromatic rings. The summed E-state index contributed by atoms with van der Waals surface area (Å²) in [6.45, 7) is 0.632. The summed E-state index contributed by atoms with van der Waals surface area (Å²) in [5.41, 5.74) is 2.15. The van der Waals surface area contributed by atoms with Gasteiger partial charge in [-0.25, -0.2) is 4.79 Å².